The topological polar surface area (TPSA) is 189 Å². The average Bonchev–Trinajstić information content (AvgIpc) is 3.27. The fourth-order valence-corrected chi connectivity index (χ4v) is 8.22. The lowest BCUT2D eigenvalue weighted by molar-refractivity contribution is -0.303. The number of aliphatic hydroxyl groups is 7. The van der Waals surface area contributed by atoms with Gasteiger partial charge in [0, 0.05) is 0 Å². The molecule has 62 heavy (non-hydrogen) atoms. The minimum Gasteiger partial charge on any atom is -0.394 e. The SMILES string of the molecule is CCCCCCCCCCCCCCCCC/C=C/CC/C=C/CCCC(O)C(O)C(COC1OC(CO)C(O)C(O)C1O)NC(=O)C(O)CCCCCCCCCCCCC. The average molecular weight is 884 g/mol. The molecule has 0 aliphatic carbocycles. The lowest BCUT2D eigenvalue weighted by Crippen LogP contribution is -2.60. The minimum absolute atomic E-state index is 0.248. The summed E-state index contributed by atoms with van der Waals surface area (Å²) in [5.74, 6) is -0.711. The molecule has 0 aromatic heterocycles. The second-order valence-electron chi connectivity index (χ2n) is 18.2. The zero-order chi connectivity index (χ0) is 45.5. The molecule has 1 rings (SSSR count). The Morgan fingerprint density at radius 1 is 0.548 bits per heavy atom. The van der Waals surface area contributed by atoms with Gasteiger partial charge < -0.3 is 50.5 Å². The molecule has 8 N–H and O–H groups in total. The van der Waals surface area contributed by atoms with E-state index in [0.29, 0.717) is 19.3 Å². The van der Waals surface area contributed by atoms with Crippen LogP contribution in [0.5, 0.6) is 0 Å². The number of rotatable bonds is 43. The summed E-state index contributed by atoms with van der Waals surface area (Å²) in [6, 6.07) is -1.19. The lowest BCUT2D eigenvalue weighted by Gasteiger charge is -2.40. The van der Waals surface area contributed by atoms with Gasteiger partial charge in [0.15, 0.2) is 6.29 Å². The summed E-state index contributed by atoms with van der Waals surface area (Å²) in [6.07, 6.45) is 35.3. The molecule has 11 heteroatoms. The number of unbranched alkanes of at least 4 members (excludes halogenated alkanes) is 27. The predicted molar refractivity (Wildman–Crippen MR) is 252 cm³/mol. The maximum atomic E-state index is 13.1. The Balaban J connectivity index is 2.37. The molecule has 1 heterocycles. The smallest absolute Gasteiger partial charge is 0.249 e. The Labute approximate surface area is 378 Å². The second kappa shape index (κ2) is 41.1. The van der Waals surface area contributed by atoms with E-state index in [4.69, 9.17) is 9.47 Å². The highest BCUT2D eigenvalue weighted by molar-refractivity contribution is 5.80. The molecular weight excluding hydrogens is 787 g/mol. The van der Waals surface area contributed by atoms with Crippen molar-refractivity contribution < 1.29 is 50.0 Å². The van der Waals surface area contributed by atoms with Crippen LogP contribution in [0.1, 0.15) is 226 Å². The third kappa shape index (κ3) is 29.9. The van der Waals surface area contributed by atoms with E-state index in [1.165, 1.54) is 141 Å². The summed E-state index contributed by atoms with van der Waals surface area (Å²) in [5.41, 5.74) is 0. The number of ether oxygens (including phenoxy) is 2. The van der Waals surface area contributed by atoms with Crippen LogP contribution in [0.3, 0.4) is 0 Å². The van der Waals surface area contributed by atoms with Gasteiger partial charge in [0.2, 0.25) is 5.91 Å². The van der Waals surface area contributed by atoms with Gasteiger partial charge in [-0.25, -0.2) is 0 Å². The Kier molecular flexibility index (Phi) is 38.8. The molecule has 1 fully saturated rings. The Bertz CT molecular complexity index is 1060. The zero-order valence-corrected chi connectivity index (χ0v) is 39.6. The van der Waals surface area contributed by atoms with Crippen molar-refractivity contribution in [1.82, 2.24) is 5.32 Å². The van der Waals surface area contributed by atoms with Gasteiger partial charge in [-0.2, -0.15) is 0 Å². The highest BCUT2D eigenvalue weighted by atomic mass is 16.7. The number of hydrogen-bond acceptors (Lipinski definition) is 10. The van der Waals surface area contributed by atoms with Crippen molar-refractivity contribution in [1.29, 1.82) is 0 Å². The van der Waals surface area contributed by atoms with Crippen LogP contribution in [0.4, 0.5) is 0 Å². The Hall–Kier alpha value is -1.41. The standard InChI is InChI=1S/C51H97NO10/c1-3-5-7-9-11-13-15-16-17-18-19-20-21-22-23-24-25-26-27-29-30-32-34-36-38-43(54)46(56)42(41-61-51-49(59)48(58)47(57)45(40-53)62-51)52-50(60)44(55)39-37-35-33-31-28-14-12-10-8-6-4-2/h25-26,30,32,42-49,51,53-59H,3-24,27-29,31,33-41H2,1-2H3,(H,52,60)/b26-25+,32-30+. The van der Waals surface area contributed by atoms with Crippen molar-refractivity contribution in [2.75, 3.05) is 13.2 Å². The van der Waals surface area contributed by atoms with Crippen LogP contribution < -0.4 is 5.32 Å². The lowest BCUT2D eigenvalue weighted by atomic mass is 9.98. The first-order chi connectivity index (χ1) is 30.2. The number of carbonyl (C=O) groups excluding carboxylic acids is 1. The molecule has 0 saturated carbocycles. The van der Waals surface area contributed by atoms with Gasteiger partial charge in [0.05, 0.1) is 25.4 Å². The van der Waals surface area contributed by atoms with Gasteiger partial charge in [-0.15, -0.1) is 0 Å². The largest absolute Gasteiger partial charge is 0.394 e. The monoisotopic (exact) mass is 884 g/mol. The molecule has 9 unspecified atom stereocenters. The Morgan fingerprint density at radius 3 is 1.44 bits per heavy atom. The molecule has 1 saturated heterocycles. The van der Waals surface area contributed by atoms with Crippen LogP contribution in [0.15, 0.2) is 24.3 Å². The van der Waals surface area contributed by atoms with E-state index in [2.05, 4.69) is 43.5 Å². The first kappa shape index (κ1) is 58.6. The van der Waals surface area contributed by atoms with E-state index >= 15 is 0 Å². The fourth-order valence-electron chi connectivity index (χ4n) is 8.22. The molecule has 0 aromatic rings. The van der Waals surface area contributed by atoms with E-state index in [9.17, 15) is 40.5 Å². The number of carbonyl (C=O) groups is 1. The molecule has 0 aromatic carbocycles. The molecule has 1 aliphatic rings. The summed E-state index contributed by atoms with van der Waals surface area (Å²) >= 11 is 0. The molecule has 1 amide bonds. The number of amides is 1. The van der Waals surface area contributed by atoms with E-state index < -0.39 is 74.2 Å². The normalized spacial score (nSPS) is 21.5. The Morgan fingerprint density at radius 2 is 0.968 bits per heavy atom. The van der Waals surface area contributed by atoms with Crippen molar-refractivity contribution in [2.45, 2.75) is 281 Å². The maximum Gasteiger partial charge on any atom is 0.249 e. The molecule has 9 atom stereocenters. The maximum absolute atomic E-state index is 13.1. The van der Waals surface area contributed by atoms with E-state index in [0.717, 1.165) is 38.5 Å². The number of hydrogen-bond donors (Lipinski definition) is 8. The van der Waals surface area contributed by atoms with Crippen LogP contribution >= 0.6 is 0 Å². The van der Waals surface area contributed by atoms with Gasteiger partial charge in [0.25, 0.3) is 0 Å². The molecule has 11 nitrogen and oxygen atoms in total. The van der Waals surface area contributed by atoms with Crippen LogP contribution in [-0.4, -0.2) is 110 Å². The number of nitrogens with one attached hydrogen (secondary N) is 1. The van der Waals surface area contributed by atoms with Crippen molar-refractivity contribution in [3.63, 3.8) is 0 Å². The highest BCUT2D eigenvalue weighted by Crippen LogP contribution is 2.23. The third-order valence-electron chi connectivity index (χ3n) is 12.5. The summed E-state index contributed by atoms with van der Waals surface area (Å²) in [7, 11) is 0. The van der Waals surface area contributed by atoms with Crippen molar-refractivity contribution in [2.24, 2.45) is 0 Å². The minimum atomic E-state index is -1.67. The number of allylic oxidation sites excluding steroid dienone is 4. The van der Waals surface area contributed by atoms with Crippen LogP contribution in [0.2, 0.25) is 0 Å². The van der Waals surface area contributed by atoms with E-state index in [-0.39, 0.29) is 12.8 Å². The summed E-state index contributed by atoms with van der Waals surface area (Å²) in [5, 5.41) is 75.7. The second-order valence-corrected chi connectivity index (χ2v) is 18.2. The third-order valence-corrected chi connectivity index (χ3v) is 12.5. The van der Waals surface area contributed by atoms with Crippen LogP contribution in [-0.2, 0) is 14.3 Å². The van der Waals surface area contributed by atoms with Crippen LogP contribution in [0, 0.1) is 0 Å². The van der Waals surface area contributed by atoms with Gasteiger partial charge in [-0.1, -0.05) is 199 Å². The van der Waals surface area contributed by atoms with Crippen molar-refractivity contribution in [3.05, 3.63) is 24.3 Å². The zero-order valence-electron chi connectivity index (χ0n) is 39.6. The van der Waals surface area contributed by atoms with Gasteiger partial charge in [0.1, 0.15) is 36.6 Å². The molecule has 0 radical (unpaired) electrons. The van der Waals surface area contributed by atoms with Crippen molar-refractivity contribution >= 4 is 5.91 Å². The molecule has 0 spiro atoms. The fraction of sp³-hybridized carbons (Fsp3) is 0.902. The molecular formula is C51H97NO10. The van der Waals surface area contributed by atoms with E-state index in [1.54, 1.807) is 0 Å². The van der Waals surface area contributed by atoms with Gasteiger partial charge >= 0.3 is 0 Å². The summed E-state index contributed by atoms with van der Waals surface area (Å²) in [4.78, 5) is 13.1. The first-order valence-corrected chi connectivity index (χ1v) is 25.7. The highest BCUT2D eigenvalue weighted by Gasteiger charge is 2.44. The molecule has 0 bridgehead atoms. The van der Waals surface area contributed by atoms with Crippen molar-refractivity contribution in [3.8, 4) is 0 Å². The van der Waals surface area contributed by atoms with Gasteiger partial charge in [-0.05, 0) is 51.4 Å². The van der Waals surface area contributed by atoms with E-state index in [1.807, 2.05) is 0 Å². The first-order valence-electron chi connectivity index (χ1n) is 25.7. The summed E-state index contributed by atoms with van der Waals surface area (Å²) in [6.45, 7) is 3.42. The van der Waals surface area contributed by atoms with Crippen LogP contribution in [0.25, 0.3) is 0 Å². The molecule has 366 valence electrons. The predicted octanol–water partition coefficient (Wildman–Crippen LogP) is 9.40. The number of aliphatic hydroxyl groups excluding tert-OH is 7. The summed E-state index contributed by atoms with van der Waals surface area (Å²) < 4.78 is 11.1. The van der Waals surface area contributed by atoms with Gasteiger partial charge in [-0.3, -0.25) is 4.79 Å². The molecule has 1 aliphatic heterocycles. The quantitative estimate of drug-likeness (QED) is 0.0216.